The van der Waals surface area contributed by atoms with Crippen molar-refractivity contribution < 1.29 is 5.11 Å². The number of hydrogen-bond donors (Lipinski definition) is 1. The Morgan fingerprint density at radius 1 is 1.55 bits per heavy atom. The smallest absolute Gasteiger partial charge is 0.0624 e. The molecule has 0 aliphatic heterocycles. The number of nitrogens with zero attached hydrogens (tertiary/aromatic N) is 3. The molecule has 1 saturated carbocycles. The first-order chi connectivity index (χ1) is 5.34. The molecule has 1 atom stereocenters. The van der Waals surface area contributed by atoms with Crippen LogP contribution in [0.15, 0.2) is 5.11 Å². The molecular formula is C7H13N3O. The van der Waals surface area contributed by atoms with E-state index >= 15 is 0 Å². The third-order valence-electron chi connectivity index (χ3n) is 2.28. The van der Waals surface area contributed by atoms with Crippen molar-refractivity contribution in [2.24, 2.45) is 11.0 Å². The van der Waals surface area contributed by atoms with Crippen molar-refractivity contribution in [3.63, 3.8) is 0 Å². The number of aliphatic hydroxyl groups is 1. The van der Waals surface area contributed by atoms with E-state index in [1.165, 1.54) is 12.8 Å². The van der Waals surface area contributed by atoms with Crippen molar-refractivity contribution in [1.82, 2.24) is 0 Å². The number of azide groups is 1. The molecule has 0 spiro atoms. The fourth-order valence-electron chi connectivity index (χ4n) is 1.61. The Morgan fingerprint density at radius 2 is 2.18 bits per heavy atom. The van der Waals surface area contributed by atoms with Crippen LogP contribution in [0.4, 0.5) is 0 Å². The van der Waals surface area contributed by atoms with Crippen LogP contribution in [0.5, 0.6) is 0 Å². The molecule has 1 aliphatic rings. The summed E-state index contributed by atoms with van der Waals surface area (Å²) >= 11 is 0. The molecule has 0 unspecified atom stereocenters. The van der Waals surface area contributed by atoms with Crippen LogP contribution in [0.3, 0.4) is 0 Å². The monoisotopic (exact) mass is 155 g/mol. The number of rotatable bonds is 3. The van der Waals surface area contributed by atoms with Crippen molar-refractivity contribution >= 4 is 0 Å². The van der Waals surface area contributed by atoms with E-state index in [9.17, 15) is 5.11 Å². The minimum absolute atomic E-state index is 0.237. The Labute approximate surface area is 65.9 Å². The van der Waals surface area contributed by atoms with Crippen LogP contribution in [0.2, 0.25) is 0 Å². The minimum Gasteiger partial charge on any atom is -0.393 e. The molecule has 4 heteroatoms. The molecule has 0 bridgehead atoms. The van der Waals surface area contributed by atoms with Crippen LogP contribution in [0.25, 0.3) is 10.4 Å². The summed E-state index contributed by atoms with van der Waals surface area (Å²) in [5, 5.41) is 12.8. The maximum atomic E-state index is 9.42. The van der Waals surface area contributed by atoms with E-state index in [4.69, 9.17) is 5.53 Å². The Kier molecular flexibility index (Phi) is 3.20. The highest BCUT2D eigenvalue weighted by Crippen LogP contribution is 2.27. The van der Waals surface area contributed by atoms with Gasteiger partial charge in [0.1, 0.15) is 0 Å². The zero-order chi connectivity index (χ0) is 8.10. The van der Waals surface area contributed by atoms with Crippen LogP contribution in [0.1, 0.15) is 25.7 Å². The molecule has 1 aliphatic carbocycles. The van der Waals surface area contributed by atoms with Crippen LogP contribution in [-0.2, 0) is 0 Å². The van der Waals surface area contributed by atoms with Gasteiger partial charge in [0.25, 0.3) is 0 Å². The van der Waals surface area contributed by atoms with Crippen LogP contribution in [-0.4, -0.2) is 17.8 Å². The highest BCUT2D eigenvalue weighted by Gasteiger charge is 2.21. The van der Waals surface area contributed by atoms with E-state index in [1.807, 2.05) is 0 Å². The summed E-state index contributed by atoms with van der Waals surface area (Å²) in [6.07, 6.45) is 4.17. The lowest BCUT2D eigenvalue weighted by atomic mass is 10.0. The lowest BCUT2D eigenvalue weighted by Crippen LogP contribution is -2.20. The van der Waals surface area contributed by atoms with Gasteiger partial charge in [-0.15, -0.1) is 0 Å². The number of hydrogen-bond acceptors (Lipinski definition) is 2. The lowest BCUT2D eigenvalue weighted by Gasteiger charge is -2.14. The zero-order valence-electron chi connectivity index (χ0n) is 6.48. The van der Waals surface area contributed by atoms with Crippen molar-refractivity contribution in [2.45, 2.75) is 31.8 Å². The maximum absolute atomic E-state index is 9.42. The fraction of sp³-hybridized carbons (Fsp3) is 1.00. The summed E-state index contributed by atoms with van der Waals surface area (Å²) in [6, 6.07) is 0. The predicted molar refractivity (Wildman–Crippen MR) is 42.0 cm³/mol. The van der Waals surface area contributed by atoms with Gasteiger partial charge < -0.3 is 5.11 Å². The fourth-order valence-corrected chi connectivity index (χ4v) is 1.61. The summed E-state index contributed by atoms with van der Waals surface area (Å²) in [7, 11) is 0. The van der Waals surface area contributed by atoms with Gasteiger partial charge in [-0.25, -0.2) is 0 Å². The van der Waals surface area contributed by atoms with Crippen molar-refractivity contribution in [2.75, 3.05) is 6.54 Å². The third-order valence-corrected chi connectivity index (χ3v) is 2.28. The molecule has 1 fully saturated rings. The van der Waals surface area contributed by atoms with Gasteiger partial charge in [0.2, 0.25) is 0 Å². The molecule has 0 aromatic heterocycles. The summed E-state index contributed by atoms with van der Waals surface area (Å²) in [6.45, 7) is 0.237. The average Bonchev–Trinajstić information content (AvgIpc) is 2.52. The van der Waals surface area contributed by atoms with E-state index in [1.54, 1.807) is 0 Å². The second-order valence-electron chi connectivity index (χ2n) is 3.03. The Balaban J connectivity index is 2.27. The highest BCUT2D eigenvalue weighted by molar-refractivity contribution is 4.75. The molecule has 0 radical (unpaired) electrons. The first kappa shape index (κ1) is 8.37. The Bertz CT molecular complexity index is 159. The molecule has 0 saturated heterocycles. The Hall–Kier alpha value is -0.730. The zero-order valence-corrected chi connectivity index (χ0v) is 6.48. The summed E-state index contributed by atoms with van der Waals surface area (Å²) in [5.41, 5.74) is 8.01. The summed E-state index contributed by atoms with van der Waals surface area (Å²) in [4.78, 5) is 2.61. The third kappa shape index (κ3) is 2.41. The van der Waals surface area contributed by atoms with Gasteiger partial charge in [-0.05, 0) is 24.3 Å². The number of aliphatic hydroxyl groups excluding tert-OH is 1. The van der Waals surface area contributed by atoms with Gasteiger partial charge in [-0.3, -0.25) is 0 Å². The lowest BCUT2D eigenvalue weighted by molar-refractivity contribution is 0.119. The molecule has 4 nitrogen and oxygen atoms in total. The van der Waals surface area contributed by atoms with Crippen LogP contribution in [0, 0.1) is 5.92 Å². The molecule has 0 aromatic rings. The standard InChI is InChI=1S/C7H13N3O/c8-10-9-5-7(11)6-3-1-2-4-6/h6-7,11H,1-5H2/t7-/m0/s1. The van der Waals surface area contributed by atoms with Gasteiger partial charge in [0.15, 0.2) is 0 Å². The molecule has 62 valence electrons. The molecule has 11 heavy (non-hydrogen) atoms. The highest BCUT2D eigenvalue weighted by atomic mass is 16.3. The van der Waals surface area contributed by atoms with Crippen molar-refractivity contribution in [1.29, 1.82) is 0 Å². The summed E-state index contributed by atoms with van der Waals surface area (Å²) < 4.78 is 0. The quantitative estimate of drug-likeness (QED) is 0.377. The minimum atomic E-state index is -0.409. The molecule has 0 amide bonds. The van der Waals surface area contributed by atoms with Gasteiger partial charge in [-0.2, -0.15) is 0 Å². The molecule has 0 heterocycles. The van der Waals surface area contributed by atoms with E-state index < -0.39 is 6.10 Å². The van der Waals surface area contributed by atoms with Crippen molar-refractivity contribution in [3.8, 4) is 0 Å². The van der Waals surface area contributed by atoms with Gasteiger partial charge in [-0.1, -0.05) is 18.0 Å². The molecule has 1 N–H and O–H groups in total. The predicted octanol–water partition coefficient (Wildman–Crippen LogP) is 1.85. The van der Waals surface area contributed by atoms with Crippen molar-refractivity contribution in [3.05, 3.63) is 10.4 Å². The molecular weight excluding hydrogens is 142 g/mol. The second-order valence-corrected chi connectivity index (χ2v) is 3.03. The van der Waals surface area contributed by atoms with Crippen LogP contribution >= 0.6 is 0 Å². The second kappa shape index (κ2) is 4.21. The van der Waals surface area contributed by atoms with Crippen LogP contribution < -0.4 is 0 Å². The normalized spacial score (nSPS) is 21.2. The van der Waals surface area contributed by atoms with Gasteiger partial charge in [0, 0.05) is 4.91 Å². The SMILES string of the molecule is [N-]=[N+]=NC[C@H](O)C1CCCC1. The molecule has 1 rings (SSSR count). The van der Waals surface area contributed by atoms with Gasteiger partial charge >= 0.3 is 0 Å². The van der Waals surface area contributed by atoms with Gasteiger partial charge in [0.05, 0.1) is 12.6 Å². The molecule has 0 aromatic carbocycles. The summed E-state index contributed by atoms with van der Waals surface area (Å²) in [5.74, 6) is 0.375. The maximum Gasteiger partial charge on any atom is 0.0624 e. The first-order valence-electron chi connectivity index (χ1n) is 4.03. The van der Waals surface area contributed by atoms with E-state index in [0.29, 0.717) is 5.92 Å². The van der Waals surface area contributed by atoms with E-state index in [2.05, 4.69) is 10.0 Å². The van der Waals surface area contributed by atoms with E-state index in [0.717, 1.165) is 12.8 Å². The largest absolute Gasteiger partial charge is 0.393 e. The first-order valence-corrected chi connectivity index (χ1v) is 4.03. The average molecular weight is 155 g/mol. The van der Waals surface area contributed by atoms with E-state index in [-0.39, 0.29) is 6.54 Å². The topological polar surface area (TPSA) is 69.0 Å². The Morgan fingerprint density at radius 3 is 2.73 bits per heavy atom.